The third-order valence-electron chi connectivity index (χ3n) is 6.74. The summed E-state index contributed by atoms with van der Waals surface area (Å²) in [7, 11) is 0. The average molecular weight is 437 g/mol. The Morgan fingerprint density at radius 3 is 2.69 bits per heavy atom. The first kappa shape index (κ1) is 20.9. The number of nitrogens with zero attached hydrogens (tertiary/aromatic N) is 3. The Hall–Kier alpha value is -2.93. The monoisotopic (exact) mass is 436 g/mol. The first-order valence-corrected chi connectivity index (χ1v) is 11.6. The Morgan fingerprint density at radius 1 is 1.12 bits per heavy atom. The van der Waals surface area contributed by atoms with E-state index in [-0.39, 0.29) is 11.9 Å². The zero-order valence-electron chi connectivity index (χ0n) is 18.1. The second kappa shape index (κ2) is 8.90. The molecule has 1 aromatic carbocycles. The van der Waals surface area contributed by atoms with Crippen LogP contribution in [0.3, 0.4) is 0 Å². The van der Waals surface area contributed by atoms with E-state index in [4.69, 9.17) is 0 Å². The Labute approximate surface area is 187 Å². The molecular weight excluding hydrogens is 407 g/mol. The maximum absolute atomic E-state index is 14.8. The van der Waals surface area contributed by atoms with E-state index in [9.17, 15) is 14.3 Å². The minimum atomic E-state index is -0.550. The molecule has 168 valence electrons. The summed E-state index contributed by atoms with van der Waals surface area (Å²) in [6.45, 7) is 2.58. The van der Waals surface area contributed by atoms with Gasteiger partial charge in [0.15, 0.2) is 0 Å². The van der Waals surface area contributed by atoms with Crippen molar-refractivity contribution in [3.8, 4) is 0 Å². The molecule has 2 atom stereocenters. The van der Waals surface area contributed by atoms with Crippen molar-refractivity contribution in [3.05, 3.63) is 59.7 Å². The van der Waals surface area contributed by atoms with E-state index < -0.39 is 11.9 Å². The number of rotatable bonds is 5. The average Bonchev–Trinajstić information content (AvgIpc) is 3.46. The Morgan fingerprint density at radius 2 is 1.94 bits per heavy atom. The summed E-state index contributed by atoms with van der Waals surface area (Å²) in [6, 6.07) is 8.66. The number of benzene rings is 1. The minimum Gasteiger partial charge on any atom is -0.391 e. The third kappa shape index (κ3) is 4.09. The summed E-state index contributed by atoms with van der Waals surface area (Å²) in [5, 5.41) is 13.5. The molecule has 5 rings (SSSR count). The standard InChI is InChI=1S/C25H29FN4O2/c26-19-6-5-8-21-24(19)18(25(32)28-20-7-1-2-9-22(20)31)16-30(21)15-17-10-11-23(27-14-17)29-12-3-4-13-29/h5-6,8,10-11,14,16,20,22,31H,1-4,7,9,12-13,15H2,(H,28,32)/t20-,22-/m0/s1. The van der Waals surface area contributed by atoms with E-state index in [1.807, 2.05) is 29.0 Å². The summed E-state index contributed by atoms with van der Waals surface area (Å²) in [4.78, 5) is 20.0. The van der Waals surface area contributed by atoms with Crippen molar-refractivity contribution in [1.29, 1.82) is 0 Å². The molecule has 0 spiro atoms. The fourth-order valence-corrected chi connectivity index (χ4v) is 4.98. The Bertz CT molecular complexity index is 1110. The van der Waals surface area contributed by atoms with Gasteiger partial charge in [-0.3, -0.25) is 4.79 Å². The first-order chi connectivity index (χ1) is 15.6. The smallest absolute Gasteiger partial charge is 0.253 e. The van der Waals surface area contributed by atoms with Crippen LogP contribution in [-0.2, 0) is 6.54 Å². The molecule has 0 radical (unpaired) electrons. The fraction of sp³-hybridized carbons (Fsp3) is 0.440. The molecule has 2 aliphatic rings. The molecular formula is C25H29FN4O2. The van der Waals surface area contributed by atoms with Crippen LogP contribution in [0.25, 0.3) is 10.9 Å². The Balaban J connectivity index is 1.41. The van der Waals surface area contributed by atoms with Gasteiger partial charge in [-0.25, -0.2) is 9.37 Å². The zero-order valence-corrected chi connectivity index (χ0v) is 18.1. The van der Waals surface area contributed by atoms with Crippen molar-refractivity contribution in [2.24, 2.45) is 0 Å². The number of hydrogen-bond acceptors (Lipinski definition) is 4. The molecule has 2 fully saturated rings. The Kier molecular flexibility index (Phi) is 5.83. The number of halogens is 1. The first-order valence-electron chi connectivity index (χ1n) is 11.6. The topological polar surface area (TPSA) is 70.4 Å². The summed E-state index contributed by atoms with van der Waals surface area (Å²) in [5.74, 6) is 0.228. The van der Waals surface area contributed by atoms with Crippen molar-refractivity contribution < 1.29 is 14.3 Å². The van der Waals surface area contributed by atoms with E-state index in [1.54, 1.807) is 12.3 Å². The highest BCUT2D eigenvalue weighted by Gasteiger charge is 2.27. The number of aliphatic hydroxyl groups excluding tert-OH is 1. The van der Waals surface area contributed by atoms with Gasteiger partial charge in [-0.15, -0.1) is 0 Å². The summed E-state index contributed by atoms with van der Waals surface area (Å²) in [5.41, 5.74) is 1.96. The number of carbonyl (C=O) groups is 1. The van der Waals surface area contributed by atoms with Gasteiger partial charge in [-0.1, -0.05) is 25.0 Å². The van der Waals surface area contributed by atoms with Crippen LogP contribution >= 0.6 is 0 Å². The number of aromatic nitrogens is 2. The molecule has 1 aliphatic heterocycles. The van der Waals surface area contributed by atoms with E-state index in [2.05, 4.69) is 15.2 Å². The zero-order chi connectivity index (χ0) is 22.1. The molecule has 2 aromatic heterocycles. The number of anilines is 1. The number of nitrogens with one attached hydrogen (secondary N) is 1. The third-order valence-corrected chi connectivity index (χ3v) is 6.74. The second-order valence-corrected chi connectivity index (χ2v) is 8.96. The molecule has 1 saturated heterocycles. The van der Waals surface area contributed by atoms with Gasteiger partial charge in [0.2, 0.25) is 0 Å². The van der Waals surface area contributed by atoms with Crippen LogP contribution in [0.15, 0.2) is 42.7 Å². The lowest BCUT2D eigenvalue weighted by atomic mass is 9.92. The quantitative estimate of drug-likeness (QED) is 0.637. The van der Waals surface area contributed by atoms with E-state index in [0.717, 1.165) is 43.7 Å². The molecule has 1 amide bonds. The van der Waals surface area contributed by atoms with Gasteiger partial charge in [0, 0.05) is 37.4 Å². The van der Waals surface area contributed by atoms with Crippen LogP contribution in [0.4, 0.5) is 10.2 Å². The molecule has 7 heteroatoms. The van der Waals surface area contributed by atoms with E-state index in [0.29, 0.717) is 29.4 Å². The number of aliphatic hydroxyl groups is 1. The van der Waals surface area contributed by atoms with Crippen LogP contribution < -0.4 is 10.2 Å². The van der Waals surface area contributed by atoms with Crippen LogP contribution in [-0.4, -0.2) is 45.8 Å². The highest BCUT2D eigenvalue weighted by Crippen LogP contribution is 2.27. The van der Waals surface area contributed by atoms with Gasteiger partial charge < -0.3 is 19.9 Å². The number of amides is 1. The second-order valence-electron chi connectivity index (χ2n) is 8.96. The summed E-state index contributed by atoms with van der Waals surface area (Å²) in [6.07, 6.45) is 8.78. The molecule has 3 aromatic rings. The van der Waals surface area contributed by atoms with Crippen LogP contribution in [0.1, 0.15) is 54.4 Å². The molecule has 3 heterocycles. The van der Waals surface area contributed by atoms with Crippen molar-refractivity contribution in [2.45, 2.75) is 57.2 Å². The fourth-order valence-electron chi connectivity index (χ4n) is 4.98. The SMILES string of the molecule is O=C(N[C@H]1CCCC[C@@H]1O)c1cn(Cc2ccc(N3CCCC3)nc2)c2cccc(F)c12. The number of pyridine rings is 1. The van der Waals surface area contributed by atoms with Gasteiger partial charge in [0.1, 0.15) is 11.6 Å². The maximum Gasteiger partial charge on any atom is 0.253 e. The molecule has 6 nitrogen and oxygen atoms in total. The molecule has 0 unspecified atom stereocenters. The highest BCUT2D eigenvalue weighted by atomic mass is 19.1. The van der Waals surface area contributed by atoms with Gasteiger partial charge in [-0.2, -0.15) is 0 Å². The van der Waals surface area contributed by atoms with Crippen LogP contribution in [0.2, 0.25) is 0 Å². The van der Waals surface area contributed by atoms with Crippen LogP contribution in [0, 0.1) is 5.82 Å². The number of carbonyl (C=O) groups excluding carboxylic acids is 1. The van der Waals surface area contributed by atoms with E-state index >= 15 is 0 Å². The predicted octanol–water partition coefficient (Wildman–Crippen LogP) is 3.86. The molecule has 2 N–H and O–H groups in total. The minimum absolute atomic E-state index is 0.288. The highest BCUT2D eigenvalue weighted by molar-refractivity contribution is 6.07. The van der Waals surface area contributed by atoms with Crippen molar-refractivity contribution in [1.82, 2.24) is 14.9 Å². The van der Waals surface area contributed by atoms with Crippen molar-refractivity contribution in [3.63, 3.8) is 0 Å². The summed E-state index contributed by atoms with van der Waals surface area (Å²) >= 11 is 0. The number of hydrogen-bond donors (Lipinski definition) is 2. The van der Waals surface area contributed by atoms with Crippen molar-refractivity contribution in [2.75, 3.05) is 18.0 Å². The van der Waals surface area contributed by atoms with Gasteiger partial charge in [-0.05, 0) is 49.4 Å². The molecule has 0 bridgehead atoms. The maximum atomic E-state index is 14.8. The van der Waals surface area contributed by atoms with Crippen molar-refractivity contribution >= 4 is 22.6 Å². The molecule has 1 aliphatic carbocycles. The molecule has 1 saturated carbocycles. The van der Waals surface area contributed by atoms with Crippen LogP contribution in [0.5, 0.6) is 0 Å². The predicted molar refractivity (Wildman–Crippen MR) is 122 cm³/mol. The largest absolute Gasteiger partial charge is 0.391 e. The van der Waals surface area contributed by atoms with Gasteiger partial charge in [0.25, 0.3) is 5.91 Å². The number of fused-ring (bicyclic) bond motifs is 1. The molecule has 32 heavy (non-hydrogen) atoms. The lowest BCUT2D eigenvalue weighted by molar-refractivity contribution is 0.0718. The summed E-state index contributed by atoms with van der Waals surface area (Å²) < 4.78 is 16.7. The van der Waals surface area contributed by atoms with Gasteiger partial charge in [0.05, 0.1) is 23.2 Å². The lowest BCUT2D eigenvalue weighted by Gasteiger charge is -2.28. The lowest BCUT2D eigenvalue weighted by Crippen LogP contribution is -2.45. The van der Waals surface area contributed by atoms with Gasteiger partial charge >= 0.3 is 0 Å². The normalized spacial score (nSPS) is 21.2. The van der Waals surface area contributed by atoms with E-state index in [1.165, 1.54) is 18.9 Å².